The molecule has 18 fully saturated rings. The Kier molecular flexibility index (Phi) is 33.6. The van der Waals surface area contributed by atoms with Crippen molar-refractivity contribution in [3.63, 3.8) is 0 Å². The minimum Gasteiger partial charge on any atom is -0.465 e. The molecule has 17 nitrogen and oxygen atoms in total. The first-order chi connectivity index (χ1) is 47.3. The number of carbonyl (C=O) groups excluding carboxylic acids is 3. The van der Waals surface area contributed by atoms with Crippen molar-refractivity contribution in [2.75, 3.05) is 33.0 Å². The van der Waals surface area contributed by atoms with Gasteiger partial charge < -0.3 is 65.1 Å². The van der Waals surface area contributed by atoms with Crippen LogP contribution in [0.25, 0.3) is 0 Å². The Bertz CT molecular complexity index is 2470. The average molecular weight is 1540 g/mol. The van der Waals surface area contributed by atoms with Crippen LogP contribution in [-0.2, 0) is 79.5 Å². The van der Waals surface area contributed by atoms with E-state index in [0.29, 0.717) is 135 Å². The molecule has 0 aromatic rings. The fourth-order valence-electron chi connectivity index (χ4n) is 19.8. The topological polar surface area (TPSA) is 207 Å². The van der Waals surface area contributed by atoms with E-state index in [0.717, 1.165) is 114 Å². The third kappa shape index (κ3) is 27.3. The Morgan fingerprint density at radius 2 is 0.615 bits per heavy atom. The number of rotatable bonds is 23. The Morgan fingerprint density at radius 3 is 0.913 bits per heavy atom. The summed E-state index contributed by atoms with van der Waals surface area (Å²) >= 11 is 0. The number of carbonyl (C=O) groups is 3. The number of epoxide rings is 8. The maximum atomic E-state index is 12.0. The van der Waals surface area contributed by atoms with Crippen molar-refractivity contribution >= 4 is 51.2 Å². The first kappa shape index (κ1) is 88.4. The first-order valence-corrected chi connectivity index (χ1v) is 52.8. The summed E-state index contributed by atoms with van der Waals surface area (Å²) in [5.41, 5.74) is 0. The van der Waals surface area contributed by atoms with Crippen LogP contribution in [0.5, 0.6) is 0 Å². The Labute approximate surface area is 637 Å². The van der Waals surface area contributed by atoms with E-state index in [9.17, 15) is 14.4 Å². The van der Waals surface area contributed by atoms with Gasteiger partial charge in [0, 0.05) is 13.2 Å². The monoisotopic (exact) mass is 1540 g/mol. The van der Waals surface area contributed by atoms with Crippen LogP contribution >= 0.6 is 0 Å². The number of ether oxygens (including phenoxy) is 11. The molecule has 8 saturated carbocycles. The summed E-state index contributed by atoms with van der Waals surface area (Å²) in [6, 6.07) is 8.29. The summed E-state index contributed by atoms with van der Waals surface area (Å²) < 4.78 is 79.5. The molecule has 26 atom stereocenters. The van der Waals surface area contributed by atoms with Gasteiger partial charge in [-0.3, -0.25) is 14.4 Å². The van der Waals surface area contributed by atoms with E-state index in [-0.39, 0.29) is 62.9 Å². The van der Waals surface area contributed by atoms with Gasteiger partial charge in [-0.1, -0.05) is 83.1 Å². The number of esters is 3. The highest BCUT2D eigenvalue weighted by atomic mass is 28.4. The van der Waals surface area contributed by atoms with Gasteiger partial charge in [-0.2, -0.15) is 0 Å². The molecular weight excluding hydrogens is 1380 g/mol. The van der Waals surface area contributed by atoms with Gasteiger partial charge in [-0.25, -0.2) is 0 Å². The summed E-state index contributed by atoms with van der Waals surface area (Å²) in [6.45, 7) is 18.2. The highest BCUT2D eigenvalue weighted by molar-refractivity contribution is 6.84. The zero-order chi connectivity index (χ0) is 67.6. The lowest BCUT2D eigenvalue weighted by atomic mass is 9.88. The van der Waals surface area contributed by atoms with Crippen LogP contribution in [0.15, 0.2) is 0 Å². The highest BCUT2D eigenvalue weighted by Crippen LogP contribution is 2.48. The van der Waals surface area contributed by atoms with E-state index in [1.54, 1.807) is 0 Å². The SMILES string of the molecule is C.C.C.C.C.C.C[Si](C)(CCC1CCC2OC2C1)O[Si](C)(C)CCC1CCC2OC2C1.C[Si]1(CCC2CCC3OC3C2)CCCCO1.C[Si]1(CCC2CCC3OC3C2)CCCCO1.O=C(CC(=O)OCC1CCC2OC2C1)OCC1CCC2OC2C1.O=C(OCC1CCC2OC2C1)C1CCC2OC2C1. The molecule has 0 N–H and O–H groups in total. The fraction of sp³-hybridized carbons (Fsp3) is 0.964. The van der Waals surface area contributed by atoms with E-state index >= 15 is 0 Å². The third-order valence-electron chi connectivity index (χ3n) is 27.0. The summed E-state index contributed by atoms with van der Waals surface area (Å²) in [5.74, 6) is 4.06. The van der Waals surface area contributed by atoms with Crippen molar-refractivity contribution in [3.05, 3.63) is 0 Å². The van der Waals surface area contributed by atoms with Crippen molar-refractivity contribution in [2.45, 2.75) is 430 Å². The molecule has 18 rings (SSSR count). The third-order valence-corrected chi connectivity index (χ3v) is 41.7. The lowest BCUT2D eigenvalue weighted by Gasteiger charge is -2.36. The standard InChI is InChI=1S/C20H38O3Si2.C17H24O6.C14H20O4.2C13H24O2Si.6CH4/c1-24(2,11-9-15-5-7-17-19(13-15)21-17)23-25(3,4)12-10-16-6-8-18-20(14-16)22-18;18-16(20-8-10-1-3-12-14(5-10)22-12)7-17(19)21-9-11-2-4-13-15(6-11)23-13;15-14(9-2-4-11-13(6-9)18-11)16-7-8-1-3-10-12(5-8)17-10;2*1-16(8-3-2-7-14-16)9-6-11-4-5-12-13(10-11)15-12;;;;;;/h15-20H,5-14H2,1-4H3;10-15H,1-9H2;8-13H,1-7H2;2*11-13H,2-10H2,1H3;6*1H4. The number of fused-ring (bicyclic) bond motifs is 8. The summed E-state index contributed by atoms with van der Waals surface area (Å²) in [4.78, 5) is 35.4. The molecule has 0 radical (unpaired) electrons. The van der Waals surface area contributed by atoms with Gasteiger partial charge in [0.2, 0.25) is 0 Å². The molecular formula is C83H154O17Si4. The minimum absolute atomic E-state index is 0. The van der Waals surface area contributed by atoms with Crippen molar-refractivity contribution in [3.8, 4) is 0 Å². The van der Waals surface area contributed by atoms with Crippen molar-refractivity contribution in [2.24, 2.45) is 47.3 Å². The highest BCUT2D eigenvalue weighted by Gasteiger charge is 2.51. The maximum absolute atomic E-state index is 12.0. The van der Waals surface area contributed by atoms with Crippen LogP contribution in [-0.4, -0.2) is 182 Å². The van der Waals surface area contributed by atoms with E-state index in [1.165, 1.54) is 165 Å². The van der Waals surface area contributed by atoms with Gasteiger partial charge in [0.1, 0.15) is 6.42 Å². The molecule has 0 spiro atoms. The van der Waals surface area contributed by atoms with Gasteiger partial charge >= 0.3 is 17.9 Å². The molecule has 0 aromatic carbocycles. The van der Waals surface area contributed by atoms with Crippen LogP contribution in [0.1, 0.15) is 256 Å². The molecule has 10 saturated heterocycles. The second kappa shape index (κ2) is 39.5. The zero-order valence-electron chi connectivity index (χ0n) is 61.4. The van der Waals surface area contributed by atoms with Crippen LogP contribution < -0.4 is 0 Å². The van der Waals surface area contributed by atoms with E-state index < -0.39 is 45.2 Å². The number of hydrogen-bond donors (Lipinski definition) is 0. The molecule has 104 heavy (non-hydrogen) atoms. The van der Waals surface area contributed by atoms with E-state index in [2.05, 4.69) is 39.3 Å². The van der Waals surface area contributed by atoms with Gasteiger partial charge in [-0.15, -0.1) is 0 Å². The molecule has 21 heteroatoms. The molecule has 0 aromatic heterocycles. The van der Waals surface area contributed by atoms with E-state index in [1.807, 2.05) is 0 Å². The van der Waals surface area contributed by atoms with Crippen LogP contribution in [0.4, 0.5) is 0 Å². The predicted octanol–water partition coefficient (Wildman–Crippen LogP) is 19.1. The normalized spacial score (nSPS) is 41.7. The molecule has 26 unspecified atom stereocenters. The minimum atomic E-state index is -1.53. The Hall–Kier alpha value is -1.16. The second-order valence-corrected chi connectivity index (χ2v) is 53.7. The fourth-order valence-corrected chi connectivity index (χ4v) is 35.2. The molecule has 0 bridgehead atoms. The predicted molar refractivity (Wildman–Crippen MR) is 423 cm³/mol. The zero-order valence-corrected chi connectivity index (χ0v) is 65.4. The van der Waals surface area contributed by atoms with Gasteiger partial charge in [0.05, 0.1) is 123 Å². The maximum Gasteiger partial charge on any atom is 0.317 e. The molecule has 8 aliphatic carbocycles. The lowest BCUT2D eigenvalue weighted by Crippen LogP contribution is -2.44. The van der Waals surface area contributed by atoms with Crippen LogP contribution in [0.3, 0.4) is 0 Å². The van der Waals surface area contributed by atoms with Crippen molar-refractivity contribution in [1.29, 1.82) is 0 Å². The average Bonchev–Trinajstić information content (AvgIpc) is 1.78. The summed E-state index contributed by atoms with van der Waals surface area (Å²) in [7, 11) is -5.59. The molecule has 10 heterocycles. The largest absolute Gasteiger partial charge is 0.465 e. The molecule has 10 aliphatic heterocycles. The van der Waals surface area contributed by atoms with E-state index in [4.69, 9.17) is 65.1 Å². The smallest absolute Gasteiger partial charge is 0.317 e. The number of hydrogen-bond acceptors (Lipinski definition) is 17. The Balaban J connectivity index is 0.000000164. The lowest BCUT2D eigenvalue weighted by molar-refractivity contribution is -0.156. The molecule has 0 amide bonds. The summed E-state index contributed by atoms with van der Waals surface area (Å²) in [6.07, 6.45) is 47.9. The van der Waals surface area contributed by atoms with Crippen molar-refractivity contribution in [1.82, 2.24) is 0 Å². The van der Waals surface area contributed by atoms with Crippen molar-refractivity contribution < 1.29 is 79.5 Å². The van der Waals surface area contributed by atoms with Gasteiger partial charge in [-0.05, 0) is 284 Å². The molecule has 18 aliphatic rings. The molecule has 604 valence electrons. The van der Waals surface area contributed by atoms with Crippen LogP contribution in [0.2, 0.25) is 75.5 Å². The van der Waals surface area contributed by atoms with Gasteiger partial charge in [0.15, 0.2) is 33.3 Å². The Morgan fingerprint density at radius 1 is 0.337 bits per heavy atom. The first-order valence-electron chi connectivity index (χ1n) is 41.0. The summed E-state index contributed by atoms with van der Waals surface area (Å²) in [5, 5.41) is 0. The van der Waals surface area contributed by atoms with Crippen LogP contribution in [0, 0.1) is 47.3 Å². The second-order valence-electron chi connectivity index (χ2n) is 36.4. The quantitative estimate of drug-likeness (QED) is 0.0306. The van der Waals surface area contributed by atoms with Gasteiger partial charge in [0.25, 0.3) is 0 Å².